The highest BCUT2D eigenvalue weighted by atomic mass is 79.9. The predicted molar refractivity (Wildman–Crippen MR) is 79.4 cm³/mol. The van der Waals surface area contributed by atoms with Gasteiger partial charge in [-0.1, -0.05) is 15.9 Å². The number of methoxy groups -OCH3 is 1. The van der Waals surface area contributed by atoms with Gasteiger partial charge in [-0.3, -0.25) is 14.9 Å². The molecule has 0 aliphatic heterocycles. The van der Waals surface area contributed by atoms with Gasteiger partial charge < -0.3 is 9.64 Å². The Morgan fingerprint density at radius 3 is 2.65 bits per heavy atom. The summed E-state index contributed by atoms with van der Waals surface area (Å²) in [7, 11) is 1.56. The number of carbonyl (C=O) groups excluding carboxylic acids is 1. The van der Waals surface area contributed by atoms with Gasteiger partial charge in [0.15, 0.2) is 0 Å². The number of nitrogens with zero attached hydrogens (tertiary/aromatic N) is 2. The van der Waals surface area contributed by atoms with Crippen molar-refractivity contribution in [1.82, 2.24) is 4.90 Å². The van der Waals surface area contributed by atoms with Gasteiger partial charge in [-0.05, 0) is 18.6 Å². The Kier molecular flexibility index (Phi) is 6.60. The highest BCUT2D eigenvalue weighted by Crippen LogP contribution is 2.18. The molecule has 1 rings (SSSR count). The number of rotatable bonds is 7. The van der Waals surface area contributed by atoms with Crippen LogP contribution in [0.15, 0.2) is 18.2 Å². The number of hydrogen-bond acceptors (Lipinski definition) is 4. The van der Waals surface area contributed by atoms with E-state index in [4.69, 9.17) is 4.74 Å². The molecule has 0 aliphatic rings. The number of amides is 1. The number of aryl methyl sites for hydroxylation is 1. The Hall–Kier alpha value is -1.47. The summed E-state index contributed by atoms with van der Waals surface area (Å²) in [5.41, 5.74) is 0.945. The molecule has 0 saturated heterocycles. The third-order valence-electron chi connectivity index (χ3n) is 2.73. The fourth-order valence-electron chi connectivity index (χ4n) is 1.79. The van der Waals surface area contributed by atoms with Crippen molar-refractivity contribution in [3.05, 3.63) is 39.4 Å². The maximum Gasteiger partial charge on any atom is 0.270 e. The molecular formula is C13H17BrN2O4. The molecule has 1 aromatic rings. The molecule has 0 atom stereocenters. The average Bonchev–Trinajstić information content (AvgIpc) is 2.42. The lowest BCUT2D eigenvalue weighted by Gasteiger charge is -2.21. The van der Waals surface area contributed by atoms with Crippen LogP contribution in [-0.2, 0) is 4.74 Å². The molecule has 6 nitrogen and oxygen atoms in total. The molecule has 0 heterocycles. The molecule has 1 amide bonds. The zero-order chi connectivity index (χ0) is 15.1. The molecule has 110 valence electrons. The molecule has 0 aliphatic carbocycles. The first-order valence-electron chi connectivity index (χ1n) is 6.10. The van der Waals surface area contributed by atoms with Crippen LogP contribution in [0.5, 0.6) is 0 Å². The van der Waals surface area contributed by atoms with E-state index in [1.165, 1.54) is 12.1 Å². The van der Waals surface area contributed by atoms with Crippen molar-refractivity contribution >= 4 is 27.5 Å². The number of ether oxygens (including phenoxy) is 1. The first-order valence-corrected chi connectivity index (χ1v) is 7.22. The minimum absolute atomic E-state index is 0.0705. The summed E-state index contributed by atoms with van der Waals surface area (Å²) in [4.78, 5) is 24.4. The van der Waals surface area contributed by atoms with E-state index in [0.717, 1.165) is 0 Å². The van der Waals surface area contributed by atoms with Crippen molar-refractivity contribution < 1.29 is 14.5 Å². The Balaban J connectivity index is 3.01. The number of halogens is 1. The topological polar surface area (TPSA) is 72.7 Å². The van der Waals surface area contributed by atoms with Crippen LogP contribution in [0.25, 0.3) is 0 Å². The fourth-order valence-corrected chi connectivity index (χ4v) is 2.22. The average molecular weight is 345 g/mol. The van der Waals surface area contributed by atoms with E-state index in [9.17, 15) is 14.9 Å². The first-order chi connectivity index (χ1) is 9.49. The minimum Gasteiger partial charge on any atom is -0.383 e. The quantitative estimate of drug-likeness (QED) is 0.432. The van der Waals surface area contributed by atoms with Gasteiger partial charge in [0.1, 0.15) is 0 Å². The molecule has 0 N–H and O–H groups in total. The molecule has 7 heteroatoms. The van der Waals surface area contributed by atoms with Crippen molar-refractivity contribution in [2.24, 2.45) is 0 Å². The van der Waals surface area contributed by atoms with Gasteiger partial charge in [-0.15, -0.1) is 0 Å². The second-order valence-corrected chi connectivity index (χ2v) is 5.08. The maximum absolute atomic E-state index is 12.4. The SMILES string of the molecule is COCCN(CCBr)C(=O)c1cc(C)cc([N+](=O)[O-])c1. The van der Waals surface area contributed by atoms with Crippen LogP contribution in [0, 0.1) is 17.0 Å². The maximum atomic E-state index is 12.4. The number of nitro groups is 1. The third kappa shape index (κ3) is 4.57. The van der Waals surface area contributed by atoms with E-state index in [1.807, 2.05) is 0 Å². The summed E-state index contributed by atoms with van der Waals surface area (Å²) in [6.07, 6.45) is 0. The van der Waals surface area contributed by atoms with Crippen LogP contribution in [0.1, 0.15) is 15.9 Å². The largest absolute Gasteiger partial charge is 0.383 e. The number of alkyl halides is 1. The summed E-state index contributed by atoms with van der Waals surface area (Å²) in [5, 5.41) is 11.5. The van der Waals surface area contributed by atoms with E-state index in [1.54, 1.807) is 25.0 Å². The normalized spacial score (nSPS) is 10.3. The van der Waals surface area contributed by atoms with Gasteiger partial charge in [-0.2, -0.15) is 0 Å². The molecule has 1 aromatic carbocycles. The van der Waals surface area contributed by atoms with Gasteiger partial charge in [0.25, 0.3) is 11.6 Å². The Labute approximate surface area is 126 Å². The summed E-state index contributed by atoms with van der Waals surface area (Å²) in [5.74, 6) is -0.228. The molecule has 0 unspecified atom stereocenters. The number of benzene rings is 1. The van der Waals surface area contributed by atoms with Gasteiger partial charge >= 0.3 is 0 Å². The second-order valence-electron chi connectivity index (χ2n) is 4.29. The molecule has 20 heavy (non-hydrogen) atoms. The van der Waals surface area contributed by atoms with Crippen LogP contribution in [0.2, 0.25) is 0 Å². The lowest BCUT2D eigenvalue weighted by molar-refractivity contribution is -0.384. The van der Waals surface area contributed by atoms with Crippen molar-refractivity contribution in [1.29, 1.82) is 0 Å². The van der Waals surface area contributed by atoms with Crippen molar-refractivity contribution in [2.45, 2.75) is 6.92 Å². The molecule has 0 radical (unpaired) electrons. The van der Waals surface area contributed by atoms with E-state index in [0.29, 0.717) is 36.2 Å². The van der Waals surface area contributed by atoms with E-state index >= 15 is 0 Å². The predicted octanol–water partition coefficient (Wildman–Crippen LogP) is 2.39. The summed E-state index contributed by atoms with van der Waals surface area (Å²) in [6, 6.07) is 4.41. The molecular weight excluding hydrogens is 328 g/mol. The van der Waals surface area contributed by atoms with Crippen LogP contribution in [-0.4, -0.2) is 47.9 Å². The smallest absolute Gasteiger partial charge is 0.270 e. The van der Waals surface area contributed by atoms with Crippen molar-refractivity contribution in [3.8, 4) is 0 Å². The molecule has 0 saturated carbocycles. The van der Waals surface area contributed by atoms with Crippen LogP contribution < -0.4 is 0 Å². The highest BCUT2D eigenvalue weighted by molar-refractivity contribution is 9.09. The zero-order valence-electron chi connectivity index (χ0n) is 11.5. The summed E-state index contributed by atoms with van der Waals surface area (Å²) < 4.78 is 4.97. The Morgan fingerprint density at radius 1 is 1.40 bits per heavy atom. The number of carbonyl (C=O) groups is 1. The Bertz CT molecular complexity index is 493. The van der Waals surface area contributed by atoms with E-state index in [2.05, 4.69) is 15.9 Å². The standard InChI is InChI=1S/C13H17BrN2O4/c1-10-7-11(9-12(8-10)16(18)19)13(17)15(4-3-14)5-6-20-2/h7-9H,3-6H2,1-2H3. The third-order valence-corrected chi connectivity index (χ3v) is 3.08. The number of hydrogen-bond donors (Lipinski definition) is 0. The molecule has 0 bridgehead atoms. The minimum atomic E-state index is -0.492. The number of non-ortho nitro benzene ring substituents is 1. The van der Waals surface area contributed by atoms with Crippen molar-refractivity contribution in [2.75, 3.05) is 32.1 Å². The first kappa shape index (κ1) is 16.6. The van der Waals surface area contributed by atoms with Crippen LogP contribution in [0.3, 0.4) is 0 Å². The van der Waals surface area contributed by atoms with Gasteiger partial charge in [0.05, 0.1) is 11.5 Å². The zero-order valence-corrected chi connectivity index (χ0v) is 13.1. The van der Waals surface area contributed by atoms with E-state index < -0.39 is 4.92 Å². The van der Waals surface area contributed by atoms with Crippen molar-refractivity contribution in [3.63, 3.8) is 0 Å². The lowest BCUT2D eigenvalue weighted by Crippen LogP contribution is -2.35. The summed E-state index contributed by atoms with van der Waals surface area (Å²) >= 11 is 3.29. The highest BCUT2D eigenvalue weighted by Gasteiger charge is 2.18. The second kappa shape index (κ2) is 7.96. The molecule has 0 aromatic heterocycles. The number of nitro benzene ring substituents is 1. The summed E-state index contributed by atoms with van der Waals surface area (Å²) in [6.45, 7) is 3.12. The lowest BCUT2D eigenvalue weighted by atomic mass is 10.1. The fraction of sp³-hybridized carbons (Fsp3) is 0.462. The van der Waals surface area contributed by atoms with Crippen LogP contribution >= 0.6 is 15.9 Å². The van der Waals surface area contributed by atoms with Crippen LogP contribution in [0.4, 0.5) is 5.69 Å². The molecule has 0 spiro atoms. The van der Waals surface area contributed by atoms with Gasteiger partial charge in [-0.25, -0.2) is 0 Å². The van der Waals surface area contributed by atoms with Gasteiger partial charge in [0, 0.05) is 43.2 Å². The monoisotopic (exact) mass is 344 g/mol. The molecule has 0 fully saturated rings. The van der Waals surface area contributed by atoms with E-state index in [-0.39, 0.29) is 11.6 Å². The van der Waals surface area contributed by atoms with Gasteiger partial charge in [0.2, 0.25) is 0 Å². The Morgan fingerprint density at radius 2 is 2.10 bits per heavy atom.